The highest BCUT2D eigenvalue weighted by molar-refractivity contribution is 6.31. The Labute approximate surface area is 120 Å². The molecule has 0 aliphatic carbocycles. The highest BCUT2D eigenvalue weighted by atomic mass is 35.5. The first-order chi connectivity index (χ1) is 8.58. The summed E-state index contributed by atoms with van der Waals surface area (Å²) in [6, 6.07) is 11.8. The highest BCUT2D eigenvalue weighted by Gasteiger charge is 2.14. The Morgan fingerprint density at radius 3 is 2.28 bits per heavy atom. The van der Waals surface area contributed by atoms with Crippen molar-refractivity contribution in [3.05, 3.63) is 69.5 Å². The summed E-state index contributed by atoms with van der Waals surface area (Å²) in [5.74, 6) is -0.331. The van der Waals surface area contributed by atoms with Crippen molar-refractivity contribution in [3.8, 4) is 0 Å². The van der Waals surface area contributed by atoms with Crippen LogP contribution in [-0.4, -0.2) is 0 Å². The molecule has 0 aromatic heterocycles. The first-order valence-corrected chi connectivity index (χ1v) is 6.59. The Bertz CT molecular complexity index is 517. The molecule has 0 heterocycles. The number of alkyl halides is 1. The molecule has 0 nitrogen and oxygen atoms in total. The van der Waals surface area contributed by atoms with E-state index in [1.54, 1.807) is 24.3 Å². The summed E-state index contributed by atoms with van der Waals surface area (Å²) >= 11 is 18.0. The van der Waals surface area contributed by atoms with Gasteiger partial charge in [0.15, 0.2) is 0 Å². The van der Waals surface area contributed by atoms with Crippen LogP contribution in [0.4, 0.5) is 4.39 Å². The SMILES string of the molecule is Fc1cccc(Cl)c1CC(Cl)c1ccc(Cl)cc1. The van der Waals surface area contributed by atoms with Gasteiger partial charge in [0.1, 0.15) is 5.82 Å². The Hall–Kier alpha value is -0.760. The lowest BCUT2D eigenvalue weighted by molar-refractivity contribution is 0.607. The molecular formula is C14H10Cl3F. The van der Waals surface area contributed by atoms with Crippen LogP contribution in [0.25, 0.3) is 0 Å². The van der Waals surface area contributed by atoms with E-state index in [2.05, 4.69) is 0 Å². The first-order valence-electron chi connectivity index (χ1n) is 5.40. The van der Waals surface area contributed by atoms with Gasteiger partial charge in [0.25, 0.3) is 0 Å². The lowest BCUT2D eigenvalue weighted by Crippen LogP contribution is -1.99. The summed E-state index contributed by atoms with van der Waals surface area (Å²) in [7, 11) is 0. The Kier molecular flexibility index (Phi) is 4.50. The van der Waals surface area contributed by atoms with Crippen molar-refractivity contribution >= 4 is 34.8 Å². The van der Waals surface area contributed by atoms with Gasteiger partial charge < -0.3 is 0 Å². The van der Waals surface area contributed by atoms with Crippen LogP contribution in [0.15, 0.2) is 42.5 Å². The van der Waals surface area contributed by atoms with Gasteiger partial charge in [-0.3, -0.25) is 0 Å². The topological polar surface area (TPSA) is 0 Å². The van der Waals surface area contributed by atoms with Gasteiger partial charge in [0.05, 0.1) is 5.38 Å². The first kappa shape index (κ1) is 13.7. The fraction of sp³-hybridized carbons (Fsp3) is 0.143. The third-order valence-electron chi connectivity index (χ3n) is 2.68. The number of halogens is 4. The summed E-state index contributed by atoms with van der Waals surface area (Å²) in [5, 5.41) is 0.706. The van der Waals surface area contributed by atoms with E-state index in [-0.39, 0.29) is 11.2 Å². The van der Waals surface area contributed by atoms with Crippen LogP contribution in [0.3, 0.4) is 0 Å². The van der Waals surface area contributed by atoms with Crippen molar-refractivity contribution < 1.29 is 4.39 Å². The standard InChI is InChI=1S/C14H10Cl3F/c15-10-6-4-9(5-7-10)13(17)8-11-12(16)2-1-3-14(11)18/h1-7,13H,8H2. The van der Waals surface area contributed by atoms with Gasteiger partial charge in [0, 0.05) is 15.6 Å². The lowest BCUT2D eigenvalue weighted by atomic mass is 10.0. The Morgan fingerprint density at radius 1 is 1.00 bits per heavy atom. The van der Waals surface area contributed by atoms with Crippen molar-refractivity contribution in [1.29, 1.82) is 0 Å². The van der Waals surface area contributed by atoms with E-state index in [0.29, 0.717) is 22.0 Å². The molecule has 0 N–H and O–H groups in total. The number of hydrogen-bond donors (Lipinski definition) is 0. The summed E-state index contributed by atoms with van der Waals surface area (Å²) in [6.07, 6.45) is 0.342. The number of hydrogen-bond acceptors (Lipinski definition) is 0. The van der Waals surface area contributed by atoms with Crippen molar-refractivity contribution in [1.82, 2.24) is 0 Å². The fourth-order valence-electron chi connectivity index (χ4n) is 1.70. The van der Waals surface area contributed by atoms with Crippen molar-refractivity contribution in [2.45, 2.75) is 11.8 Å². The average molecular weight is 304 g/mol. The van der Waals surface area contributed by atoms with Crippen LogP contribution in [0, 0.1) is 5.82 Å². The Morgan fingerprint density at radius 2 is 1.67 bits per heavy atom. The number of rotatable bonds is 3. The van der Waals surface area contributed by atoms with Crippen LogP contribution in [-0.2, 0) is 6.42 Å². The second-order valence-corrected chi connectivity index (χ2v) is 5.29. The molecule has 2 aromatic rings. The molecule has 0 fully saturated rings. The second kappa shape index (κ2) is 5.92. The van der Waals surface area contributed by atoms with Gasteiger partial charge in [-0.15, -0.1) is 11.6 Å². The van der Waals surface area contributed by atoms with Crippen LogP contribution < -0.4 is 0 Å². The van der Waals surface area contributed by atoms with Gasteiger partial charge in [-0.05, 0) is 36.2 Å². The van der Waals surface area contributed by atoms with Crippen LogP contribution in [0.5, 0.6) is 0 Å². The normalized spacial score (nSPS) is 12.4. The minimum absolute atomic E-state index is 0.331. The van der Waals surface area contributed by atoms with E-state index >= 15 is 0 Å². The maximum absolute atomic E-state index is 13.6. The minimum atomic E-state index is -0.336. The summed E-state index contributed by atoms with van der Waals surface area (Å²) in [5.41, 5.74) is 1.33. The molecule has 18 heavy (non-hydrogen) atoms. The molecule has 0 amide bonds. The molecule has 2 rings (SSSR count). The van der Waals surface area contributed by atoms with E-state index < -0.39 is 0 Å². The molecule has 0 bridgehead atoms. The van der Waals surface area contributed by atoms with Crippen LogP contribution >= 0.6 is 34.8 Å². The highest BCUT2D eigenvalue weighted by Crippen LogP contribution is 2.30. The van der Waals surface area contributed by atoms with Gasteiger partial charge in [-0.1, -0.05) is 41.4 Å². The molecule has 1 atom stereocenters. The van der Waals surface area contributed by atoms with Gasteiger partial charge in [-0.2, -0.15) is 0 Å². The summed E-state index contributed by atoms with van der Waals surface area (Å²) in [4.78, 5) is 0. The van der Waals surface area contributed by atoms with Crippen molar-refractivity contribution in [2.24, 2.45) is 0 Å². The monoisotopic (exact) mass is 302 g/mol. The van der Waals surface area contributed by atoms with E-state index in [0.717, 1.165) is 5.56 Å². The Balaban J connectivity index is 2.21. The number of benzene rings is 2. The maximum Gasteiger partial charge on any atom is 0.127 e. The third-order valence-corrected chi connectivity index (χ3v) is 3.69. The van der Waals surface area contributed by atoms with Crippen LogP contribution in [0.2, 0.25) is 10.0 Å². The predicted octanol–water partition coefficient (Wildman–Crippen LogP) is 5.66. The zero-order valence-electron chi connectivity index (χ0n) is 9.34. The quantitative estimate of drug-likeness (QED) is 0.642. The molecular weight excluding hydrogens is 294 g/mol. The lowest BCUT2D eigenvalue weighted by Gasteiger charge is -2.12. The largest absolute Gasteiger partial charge is 0.207 e. The van der Waals surface area contributed by atoms with Gasteiger partial charge in [0.2, 0.25) is 0 Å². The van der Waals surface area contributed by atoms with E-state index in [4.69, 9.17) is 34.8 Å². The summed E-state index contributed by atoms with van der Waals surface area (Å²) in [6.45, 7) is 0. The zero-order valence-corrected chi connectivity index (χ0v) is 11.6. The molecule has 0 aliphatic rings. The molecule has 2 aromatic carbocycles. The second-order valence-electron chi connectivity index (χ2n) is 3.92. The zero-order chi connectivity index (χ0) is 13.1. The van der Waals surface area contributed by atoms with Gasteiger partial charge >= 0.3 is 0 Å². The van der Waals surface area contributed by atoms with E-state index in [1.165, 1.54) is 6.07 Å². The van der Waals surface area contributed by atoms with E-state index in [1.807, 2.05) is 12.1 Å². The molecule has 1 unspecified atom stereocenters. The molecule has 4 heteroatoms. The fourth-order valence-corrected chi connectivity index (χ4v) is 2.36. The minimum Gasteiger partial charge on any atom is -0.207 e. The molecule has 0 saturated heterocycles. The maximum atomic E-state index is 13.6. The van der Waals surface area contributed by atoms with Crippen LogP contribution in [0.1, 0.15) is 16.5 Å². The predicted molar refractivity (Wildman–Crippen MR) is 75.2 cm³/mol. The molecule has 0 saturated carbocycles. The average Bonchev–Trinajstić information content (AvgIpc) is 2.34. The van der Waals surface area contributed by atoms with Gasteiger partial charge in [-0.25, -0.2) is 4.39 Å². The van der Waals surface area contributed by atoms with Crippen molar-refractivity contribution in [2.75, 3.05) is 0 Å². The molecule has 0 aliphatic heterocycles. The molecule has 0 spiro atoms. The van der Waals surface area contributed by atoms with Crippen molar-refractivity contribution in [3.63, 3.8) is 0 Å². The summed E-state index contributed by atoms with van der Waals surface area (Å²) < 4.78 is 13.6. The molecule has 94 valence electrons. The third kappa shape index (κ3) is 3.17. The molecule has 0 radical (unpaired) electrons. The van der Waals surface area contributed by atoms with E-state index in [9.17, 15) is 4.39 Å². The smallest absolute Gasteiger partial charge is 0.127 e.